The molecule has 0 aliphatic carbocycles. The van der Waals surface area contributed by atoms with Crippen molar-refractivity contribution in [3.63, 3.8) is 0 Å². The molecule has 2 aromatic rings. The second-order valence-corrected chi connectivity index (χ2v) is 4.62. The van der Waals surface area contributed by atoms with Gasteiger partial charge in [0.25, 0.3) is 5.91 Å². The third kappa shape index (κ3) is 4.80. The minimum absolute atomic E-state index is 0.165. The molecule has 0 unspecified atom stereocenters. The summed E-state index contributed by atoms with van der Waals surface area (Å²) in [5, 5.41) is 2.61. The first-order valence-corrected chi connectivity index (χ1v) is 6.64. The Morgan fingerprint density at radius 3 is 2.71 bits per heavy atom. The molecular formula is C16H17NO4. The number of benzene rings is 1. The summed E-state index contributed by atoms with van der Waals surface area (Å²) in [4.78, 5) is 23.2. The Kier molecular flexibility index (Phi) is 5.15. The van der Waals surface area contributed by atoms with Crippen molar-refractivity contribution in [3.05, 3.63) is 59.5 Å². The topological polar surface area (TPSA) is 68.5 Å². The maximum Gasteiger partial charge on any atom is 0.310 e. The number of furan rings is 1. The monoisotopic (exact) mass is 287 g/mol. The van der Waals surface area contributed by atoms with Gasteiger partial charge in [0.1, 0.15) is 5.76 Å². The van der Waals surface area contributed by atoms with E-state index >= 15 is 0 Å². The van der Waals surface area contributed by atoms with Gasteiger partial charge in [-0.25, -0.2) is 0 Å². The van der Waals surface area contributed by atoms with Crippen LogP contribution in [-0.2, 0) is 27.3 Å². The Labute approximate surface area is 122 Å². The number of esters is 1. The third-order valence-electron chi connectivity index (χ3n) is 3.00. The molecule has 1 heterocycles. The molecule has 110 valence electrons. The maximum atomic E-state index is 11.7. The van der Waals surface area contributed by atoms with E-state index in [1.807, 2.05) is 31.2 Å². The summed E-state index contributed by atoms with van der Waals surface area (Å²) >= 11 is 0. The highest BCUT2D eigenvalue weighted by molar-refractivity contribution is 5.81. The smallest absolute Gasteiger partial charge is 0.310 e. The summed E-state index contributed by atoms with van der Waals surface area (Å²) < 4.78 is 10.0. The lowest BCUT2D eigenvalue weighted by atomic mass is 10.1. The number of amides is 1. The van der Waals surface area contributed by atoms with Gasteiger partial charge in [-0.1, -0.05) is 24.3 Å². The van der Waals surface area contributed by atoms with Gasteiger partial charge in [-0.15, -0.1) is 0 Å². The fraction of sp³-hybridized carbons (Fsp3) is 0.250. The van der Waals surface area contributed by atoms with Crippen molar-refractivity contribution >= 4 is 11.9 Å². The van der Waals surface area contributed by atoms with E-state index < -0.39 is 5.97 Å². The molecule has 5 heteroatoms. The molecule has 5 nitrogen and oxygen atoms in total. The second-order valence-electron chi connectivity index (χ2n) is 4.62. The van der Waals surface area contributed by atoms with Crippen molar-refractivity contribution in [2.45, 2.75) is 19.9 Å². The SMILES string of the molecule is Cc1ccccc1CC(=O)OCC(=O)NCc1ccco1. The zero-order valence-electron chi connectivity index (χ0n) is 11.8. The number of ether oxygens (including phenoxy) is 1. The molecule has 2 rings (SSSR count). The molecule has 1 N–H and O–H groups in total. The molecule has 0 saturated carbocycles. The Morgan fingerprint density at radius 2 is 2.00 bits per heavy atom. The molecule has 0 spiro atoms. The summed E-state index contributed by atoms with van der Waals surface area (Å²) in [5.41, 5.74) is 1.93. The highest BCUT2D eigenvalue weighted by Gasteiger charge is 2.10. The molecule has 0 fully saturated rings. The van der Waals surface area contributed by atoms with Gasteiger partial charge in [-0.2, -0.15) is 0 Å². The lowest BCUT2D eigenvalue weighted by Crippen LogP contribution is -2.28. The first kappa shape index (κ1) is 14.8. The van der Waals surface area contributed by atoms with Gasteiger partial charge in [-0.3, -0.25) is 9.59 Å². The largest absolute Gasteiger partial charge is 0.467 e. The molecule has 0 aliphatic rings. The first-order valence-electron chi connectivity index (χ1n) is 6.64. The fourth-order valence-corrected chi connectivity index (χ4v) is 1.81. The Hall–Kier alpha value is -2.56. The van der Waals surface area contributed by atoms with Gasteiger partial charge in [-0.05, 0) is 30.2 Å². The zero-order valence-corrected chi connectivity index (χ0v) is 11.8. The summed E-state index contributed by atoms with van der Waals surface area (Å²) in [6, 6.07) is 11.1. The molecular weight excluding hydrogens is 270 g/mol. The van der Waals surface area contributed by atoms with Gasteiger partial charge in [0.15, 0.2) is 6.61 Å². The van der Waals surface area contributed by atoms with Gasteiger partial charge in [0.2, 0.25) is 0 Å². The fourth-order valence-electron chi connectivity index (χ4n) is 1.81. The van der Waals surface area contributed by atoms with Gasteiger partial charge >= 0.3 is 5.97 Å². The zero-order chi connectivity index (χ0) is 15.1. The number of rotatable bonds is 6. The predicted octanol–water partition coefficient (Wildman–Crippen LogP) is 1.99. The molecule has 1 amide bonds. The first-order chi connectivity index (χ1) is 10.1. The van der Waals surface area contributed by atoms with E-state index in [4.69, 9.17) is 9.15 Å². The molecule has 0 saturated heterocycles. The van der Waals surface area contributed by atoms with Crippen LogP contribution in [0.4, 0.5) is 0 Å². The van der Waals surface area contributed by atoms with Crippen molar-refractivity contribution < 1.29 is 18.7 Å². The molecule has 1 aromatic carbocycles. The highest BCUT2D eigenvalue weighted by atomic mass is 16.5. The minimum Gasteiger partial charge on any atom is -0.467 e. The molecule has 21 heavy (non-hydrogen) atoms. The normalized spacial score (nSPS) is 10.1. The van der Waals surface area contributed by atoms with Crippen LogP contribution in [-0.4, -0.2) is 18.5 Å². The van der Waals surface area contributed by atoms with E-state index in [-0.39, 0.29) is 25.5 Å². The third-order valence-corrected chi connectivity index (χ3v) is 3.00. The average Bonchev–Trinajstić information content (AvgIpc) is 2.99. The highest BCUT2D eigenvalue weighted by Crippen LogP contribution is 2.08. The summed E-state index contributed by atoms with van der Waals surface area (Å²) in [5.74, 6) is -0.128. The second kappa shape index (κ2) is 7.28. The number of carbonyl (C=O) groups excluding carboxylic acids is 2. The lowest BCUT2D eigenvalue weighted by Gasteiger charge is -2.07. The predicted molar refractivity (Wildman–Crippen MR) is 76.4 cm³/mol. The van der Waals surface area contributed by atoms with Crippen molar-refractivity contribution in [1.82, 2.24) is 5.32 Å². The van der Waals surface area contributed by atoms with Crippen LogP contribution < -0.4 is 5.32 Å². The molecule has 0 bridgehead atoms. The van der Waals surface area contributed by atoms with Crippen LogP contribution in [0.3, 0.4) is 0 Å². The van der Waals surface area contributed by atoms with Crippen LogP contribution in [0.15, 0.2) is 47.1 Å². The van der Waals surface area contributed by atoms with Crippen molar-refractivity contribution in [1.29, 1.82) is 0 Å². The van der Waals surface area contributed by atoms with Gasteiger partial charge < -0.3 is 14.5 Å². The summed E-state index contributed by atoms with van der Waals surface area (Å²) in [6.45, 7) is 1.92. The van der Waals surface area contributed by atoms with E-state index in [9.17, 15) is 9.59 Å². The molecule has 0 radical (unpaired) electrons. The van der Waals surface area contributed by atoms with Crippen LogP contribution in [0.1, 0.15) is 16.9 Å². The Balaban J connectivity index is 1.71. The Bertz CT molecular complexity index is 604. The number of hydrogen-bond acceptors (Lipinski definition) is 4. The number of nitrogens with one attached hydrogen (secondary N) is 1. The van der Waals surface area contributed by atoms with Crippen molar-refractivity contribution in [3.8, 4) is 0 Å². The van der Waals surface area contributed by atoms with Crippen LogP contribution in [0.25, 0.3) is 0 Å². The van der Waals surface area contributed by atoms with Crippen LogP contribution in [0, 0.1) is 6.92 Å². The van der Waals surface area contributed by atoms with E-state index in [1.165, 1.54) is 6.26 Å². The molecule has 1 aromatic heterocycles. The summed E-state index contributed by atoms with van der Waals surface area (Å²) in [6.07, 6.45) is 1.70. The van der Waals surface area contributed by atoms with Crippen LogP contribution in [0.2, 0.25) is 0 Å². The quantitative estimate of drug-likeness (QED) is 0.825. The van der Waals surface area contributed by atoms with Crippen molar-refractivity contribution in [2.24, 2.45) is 0 Å². The minimum atomic E-state index is -0.419. The van der Waals surface area contributed by atoms with Gasteiger partial charge in [0.05, 0.1) is 19.2 Å². The summed E-state index contributed by atoms with van der Waals surface area (Å²) in [7, 11) is 0. The number of carbonyl (C=O) groups is 2. The van der Waals surface area contributed by atoms with E-state index in [0.29, 0.717) is 5.76 Å². The number of hydrogen-bond donors (Lipinski definition) is 1. The van der Waals surface area contributed by atoms with Gasteiger partial charge in [0, 0.05) is 0 Å². The maximum absolute atomic E-state index is 11.7. The average molecular weight is 287 g/mol. The van der Waals surface area contributed by atoms with Crippen LogP contribution >= 0.6 is 0 Å². The molecule has 0 atom stereocenters. The van der Waals surface area contributed by atoms with E-state index in [0.717, 1.165) is 11.1 Å². The van der Waals surface area contributed by atoms with E-state index in [2.05, 4.69) is 5.32 Å². The van der Waals surface area contributed by atoms with Crippen LogP contribution in [0.5, 0.6) is 0 Å². The Morgan fingerprint density at radius 1 is 1.19 bits per heavy atom. The lowest BCUT2D eigenvalue weighted by molar-refractivity contribution is -0.147. The van der Waals surface area contributed by atoms with E-state index in [1.54, 1.807) is 12.1 Å². The molecule has 0 aliphatic heterocycles. The number of aryl methyl sites for hydroxylation is 1. The van der Waals surface area contributed by atoms with Crippen molar-refractivity contribution in [2.75, 3.05) is 6.61 Å². The standard InChI is InChI=1S/C16H17NO4/c1-12-5-2-3-6-13(12)9-16(19)21-11-15(18)17-10-14-7-4-8-20-14/h2-8H,9-11H2,1H3,(H,17,18).